The zero-order valence-corrected chi connectivity index (χ0v) is 4.40. The summed E-state index contributed by atoms with van der Waals surface area (Å²) in [5.74, 6) is -0.628. The minimum Gasteiger partial charge on any atom is -0.270 e. The largest absolute Gasteiger partial charge is 0.349 e. The molecule has 1 aliphatic rings. The van der Waals surface area contributed by atoms with Gasteiger partial charge in [-0.2, -0.15) is 4.99 Å². The summed E-state index contributed by atoms with van der Waals surface area (Å²) in [5.41, 5.74) is 0. The first-order chi connectivity index (χ1) is 3.70. The number of imide groups is 1. The Labute approximate surface area is 49.5 Å². The molecular formula is C3HClN2O2. The van der Waals surface area contributed by atoms with Crippen LogP contribution in [-0.2, 0) is 4.79 Å². The number of nitrogens with zero attached hydrogens (tertiary/aromatic N) is 1. The fourth-order valence-electron chi connectivity index (χ4n) is 0.317. The zero-order valence-electron chi connectivity index (χ0n) is 3.64. The molecule has 1 N–H and O–H groups in total. The predicted molar refractivity (Wildman–Crippen MR) is 26.8 cm³/mol. The molecule has 4 nitrogen and oxygen atoms in total. The van der Waals surface area contributed by atoms with Gasteiger partial charge in [-0.25, -0.2) is 4.79 Å². The molecule has 0 saturated carbocycles. The third-order valence-corrected chi connectivity index (χ3v) is 0.864. The van der Waals surface area contributed by atoms with Gasteiger partial charge in [-0.05, 0) is 0 Å². The van der Waals surface area contributed by atoms with Crippen LogP contribution in [0.3, 0.4) is 0 Å². The van der Waals surface area contributed by atoms with Crippen molar-refractivity contribution in [2.45, 2.75) is 0 Å². The fourth-order valence-corrected chi connectivity index (χ4v) is 0.441. The molecule has 0 spiro atoms. The van der Waals surface area contributed by atoms with Crippen LogP contribution in [0, 0.1) is 0 Å². The quantitative estimate of drug-likeness (QED) is 0.499. The first kappa shape index (κ1) is 5.24. The first-order valence-electron chi connectivity index (χ1n) is 1.79. The number of aliphatic imine (C=N–C) groups is 1. The first-order valence-corrected chi connectivity index (χ1v) is 2.17. The van der Waals surface area contributed by atoms with Gasteiger partial charge >= 0.3 is 6.03 Å². The molecule has 0 aliphatic carbocycles. The Morgan fingerprint density at radius 2 is 2.12 bits per heavy atom. The van der Waals surface area contributed by atoms with Crippen molar-refractivity contribution in [2.75, 3.05) is 0 Å². The Kier molecular flexibility index (Phi) is 1.02. The average molecular weight is 133 g/mol. The van der Waals surface area contributed by atoms with E-state index in [0.717, 1.165) is 0 Å². The molecule has 0 aromatic rings. The minimum absolute atomic E-state index is 0.296. The molecule has 3 amide bonds. The van der Waals surface area contributed by atoms with Crippen molar-refractivity contribution in [1.82, 2.24) is 5.32 Å². The number of amides is 3. The maximum absolute atomic E-state index is 10.2. The van der Waals surface area contributed by atoms with Crippen molar-refractivity contribution in [1.29, 1.82) is 0 Å². The van der Waals surface area contributed by atoms with Gasteiger partial charge in [0.05, 0.1) is 0 Å². The molecule has 8 heavy (non-hydrogen) atoms. The number of halogens is 1. The molecule has 0 aromatic carbocycles. The Morgan fingerprint density at radius 3 is 2.25 bits per heavy atom. The van der Waals surface area contributed by atoms with Gasteiger partial charge in [0.15, 0.2) is 5.17 Å². The molecule has 0 saturated heterocycles. The summed E-state index contributed by atoms with van der Waals surface area (Å²) in [6.07, 6.45) is 0. The molecule has 0 aromatic heterocycles. The Balaban J connectivity index is 2.88. The van der Waals surface area contributed by atoms with Gasteiger partial charge in [0, 0.05) is 0 Å². The molecule has 5 heteroatoms. The van der Waals surface area contributed by atoms with Gasteiger partial charge in [-0.1, -0.05) is 11.6 Å². The van der Waals surface area contributed by atoms with Crippen molar-refractivity contribution in [3.8, 4) is 0 Å². The average Bonchev–Trinajstić information content (AvgIpc) is 1.85. The number of carbonyl (C=O) groups excluding carboxylic acids is 2. The van der Waals surface area contributed by atoms with E-state index >= 15 is 0 Å². The number of hydrogen-bond acceptors (Lipinski definition) is 2. The molecule has 1 aliphatic heterocycles. The van der Waals surface area contributed by atoms with E-state index in [4.69, 9.17) is 11.6 Å². The Hall–Kier alpha value is -0.900. The maximum Gasteiger partial charge on any atom is 0.349 e. The summed E-state index contributed by atoms with van der Waals surface area (Å²) in [6.45, 7) is 0. The summed E-state index contributed by atoms with van der Waals surface area (Å²) in [7, 11) is 0. The van der Waals surface area contributed by atoms with Gasteiger partial charge in [0.2, 0.25) is 0 Å². The molecule has 0 fully saturated rings. The number of urea groups is 1. The second-order valence-corrected chi connectivity index (χ2v) is 1.52. The molecule has 42 valence electrons. The number of carbonyl (C=O) groups is 2. The maximum atomic E-state index is 10.2. The van der Waals surface area contributed by atoms with Gasteiger partial charge in [-0.15, -0.1) is 0 Å². The second-order valence-electron chi connectivity index (χ2n) is 1.16. The highest BCUT2D eigenvalue weighted by molar-refractivity contribution is 6.85. The van der Waals surface area contributed by atoms with E-state index in [1.165, 1.54) is 0 Å². The van der Waals surface area contributed by atoms with Crippen LogP contribution in [0.1, 0.15) is 0 Å². The lowest BCUT2D eigenvalue weighted by Gasteiger charge is -1.79. The third kappa shape index (κ3) is 0.696. The highest BCUT2D eigenvalue weighted by Gasteiger charge is 2.19. The molecule has 0 atom stereocenters. The van der Waals surface area contributed by atoms with Crippen molar-refractivity contribution < 1.29 is 9.59 Å². The monoisotopic (exact) mass is 132 g/mol. The highest BCUT2D eigenvalue weighted by atomic mass is 35.5. The van der Waals surface area contributed by atoms with Crippen LogP contribution in [0.2, 0.25) is 0 Å². The summed E-state index contributed by atoms with van der Waals surface area (Å²) in [5, 5.41) is 1.56. The van der Waals surface area contributed by atoms with Crippen LogP contribution in [0.15, 0.2) is 4.99 Å². The van der Waals surface area contributed by atoms with Crippen LogP contribution in [-0.4, -0.2) is 17.1 Å². The SMILES string of the molecule is O=C1N=C(Cl)C(=O)N1. The van der Waals surface area contributed by atoms with E-state index in [0.29, 0.717) is 0 Å². The standard InChI is InChI=1S/C3HClN2O2/c4-1-2(7)6-3(8)5-1/h(H,6,7,8). The molecule has 1 rings (SSSR count). The Morgan fingerprint density at radius 1 is 1.50 bits per heavy atom. The van der Waals surface area contributed by atoms with Crippen LogP contribution in [0.25, 0.3) is 0 Å². The van der Waals surface area contributed by atoms with Gasteiger partial charge in [0.25, 0.3) is 5.91 Å². The summed E-state index contributed by atoms with van der Waals surface area (Å²) in [6, 6.07) is -0.694. The number of hydrogen-bond donors (Lipinski definition) is 1. The molecule has 0 unspecified atom stereocenters. The van der Waals surface area contributed by atoms with Gasteiger partial charge < -0.3 is 0 Å². The molecule has 1 heterocycles. The summed E-state index contributed by atoms with van der Waals surface area (Å²) < 4.78 is 0. The lowest BCUT2D eigenvalue weighted by Crippen LogP contribution is -2.22. The summed E-state index contributed by atoms with van der Waals surface area (Å²) >= 11 is 5.07. The van der Waals surface area contributed by atoms with E-state index in [-0.39, 0.29) is 5.17 Å². The Bertz CT molecular complexity index is 186. The van der Waals surface area contributed by atoms with Crippen molar-refractivity contribution in [3.05, 3.63) is 0 Å². The smallest absolute Gasteiger partial charge is 0.270 e. The molecule has 0 bridgehead atoms. The van der Waals surface area contributed by atoms with E-state index in [1.807, 2.05) is 5.32 Å². The second kappa shape index (κ2) is 1.56. The van der Waals surface area contributed by atoms with Crippen molar-refractivity contribution in [3.63, 3.8) is 0 Å². The van der Waals surface area contributed by atoms with Crippen molar-refractivity contribution in [2.24, 2.45) is 4.99 Å². The fraction of sp³-hybridized carbons (Fsp3) is 0. The van der Waals surface area contributed by atoms with Crippen LogP contribution < -0.4 is 5.32 Å². The van der Waals surface area contributed by atoms with Crippen LogP contribution >= 0.6 is 11.6 Å². The number of rotatable bonds is 0. The van der Waals surface area contributed by atoms with Crippen molar-refractivity contribution >= 4 is 28.7 Å². The topological polar surface area (TPSA) is 58.5 Å². The summed E-state index contributed by atoms with van der Waals surface area (Å²) in [4.78, 5) is 23.3. The van der Waals surface area contributed by atoms with Gasteiger partial charge in [-0.3, -0.25) is 10.1 Å². The molecule has 0 radical (unpaired) electrons. The van der Waals surface area contributed by atoms with Crippen LogP contribution in [0.5, 0.6) is 0 Å². The van der Waals surface area contributed by atoms with Crippen LogP contribution in [0.4, 0.5) is 4.79 Å². The van der Waals surface area contributed by atoms with E-state index in [1.54, 1.807) is 0 Å². The minimum atomic E-state index is -0.694. The van der Waals surface area contributed by atoms with E-state index < -0.39 is 11.9 Å². The highest BCUT2D eigenvalue weighted by Crippen LogP contribution is 1.94. The third-order valence-electron chi connectivity index (χ3n) is 0.608. The number of nitrogens with one attached hydrogen (secondary N) is 1. The normalized spacial score (nSPS) is 18.4. The zero-order chi connectivity index (χ0) is 6.15. The van der Waals surface area contributed by atoms with Gasteiger partial charge in [0.1, 0.15) is 0 Å². The lowest BCUT2D eigenvalue weighted by molar-refractivity contribution is -0.113. The van der Waals surface area contributed by atoms with E-state index in [2.05, 4.69) is 4.99 Å². The molecular weight excluding hydrogens is 131 g/mol. The predicted octanol–water partition coefficient (Wildman–Crippen LogP) is -0.126. The van der Waals surface area contributed by atoms with E-state index in [9.17, 15) is 9.59 Å². The lowest BCUT2D eigenvalue weighted by atomic mass is 10.7.